The number of hydrogen-bond acceptors (Lipinski definition) is 6. The molecule has 0 radical (unpaired) electrons. The topological polar surface area (TPSA) is 71.9 Å². The Hall–Kier alpha value is -2.67. The van der Waals surface area contributed by atoms with E-state index in [1.165, 1.54) is 0 Å². The summed E-state index contributed by atoms with van der Waals surface area (Å²) in [6.07, 6.45) is 9.32. The van der Waals surface area contributed by atoms with Gasteiger partial charge in [-0.05, 0) is 43.2 Å². The number of aryl methyl sites for hydroxylation is 1. The molecule has 0 N–H and O–H groups in total. The van der Waals surface area contributed by atoms with E-state index in [9.17, 15) is 9.18 Å². The van der Waals surface area contributed by atoms with Crippen LogP contribution in [-0.2, 0) is 11.2 Å². The molecule has 0 bridgehead atoms. The number of carbonyl (C=O) groups excluding carboxylic acids is 1. The molecule has 2 aliphatic rings. The number of fused-ring (bicyclic) bond motifs is 1. The Balaban J connectivity index is 1.25. The number of Topliss-reactive ketones (excluding diaryl/α,β-unsaturated/α-hetero) is 1. The number of rotatable bonds is 6. The van der Waals surface area contributed by atoms with E-state index in [1.807, 2.05) is 12.1 Å². The summed E-state index contributed by atoms with van der Waals surface area (Å²) in [5.74, 6) is 1.57. The van der Waals surface area contributed by atoms with E-state index in [0.29, 0.717) is 29.8 Å². The fraction of sp³-hybridized carbons (Fsp3) is 0.478. The Morgan fingerprint density at radius 1 is 1.10 bits per heavy atom. The molecule has 2 atom stereocenters. The van der Waals surface area contributed by atoms with Gasteiger partial charge in [0.1, 0.15) is 18.2 Å². The molecule has 1 aliphatic heterocycles. The summed E-state index contributed by atoms with van der Waals surface area (Å²) in [6, 6.07) is 4.50. The Labute approximate surface area is 174 Å². The van der Waals surface area contributed by atoms with Gasteiger partial charge in [0.05, 0.1) is 12.2 Å². The van der Waals surface area contributed by atoms with E-state index in [0.717, 1.165) is 48.7 Å². The van der Waals surface area contributed by atoms with Crippen LogP contribution in [0.1, 0.15) is 37.3 Å². The zero-order valence-electron chi connectivity index (χ0n) is 17.1. The quantitative estimate of drug-likeness (QED) is 0.576. The Morgan fingerprint density at radius 2 is 1.90 bits per heavy atom. The van der Waals surface area contributed by atoms with Crippen LogP contribution in [0.2, 0.25) is 0 Å². The van der Waals surface area contributed by atoms with Gasteiger partial charge in [-0.25, -0.2) is 9.37 Å². The van der Waals surface area contributed by atoms with Gasteiger partial charge < -0.3 is 4.42 Å². The van der Waals surface area contributed by atoms with E-state index >= 15 is 0 Å². The van der Waals surface area contributed by atoms with Crippen molar-refractivity contribution in [3.8, 4) is 11.5 Å². The highest BCUT2D eigenvalue weighted by Gasteiger charge is 2.41. The number of alkyl halides is 1. The Bertz CT molecular complexity index is 1070. The second kappa shape index (κ2) is 7.87. The summed E-state index contributed by atoms with van der Waals surface area (Å²) in [7, 11) is 0. The maximum absolute atomic E-state index is 12.9. The van der Waals surface area contributed by atoms with E-state index < -0.39 is 0 Å². The van der Waals surface area contributed by atoms with Crippen LogP contribution in [0.25, 0.3) is 22.2 Å². The lowest BCUT2D eigenvalue weighted by Crippen LogP contribution is -2.31. The van der Waals surface area contributed by atoms with Crippen LogP contribution in [0.3, 0.4) is 0 Å². The first kappa shape index (κ1) is 19.3. The summed E-state index contributed by atoms with van der Waals surface area (Å²) in [6.45, 7) is 2.43. The summed E-state index contributed by atoms with van der Waals surface area (Å²) in [5.41, 5.74) is 1.50. The third-order valence-corrected chi connectivity index (χ3v) is 6.45. The van der Waals surface area contributed by atoms with Crippen molar-refractivity contribution in [1.82, 2.24) is 19.9 Å². The van der Waals surface area contributed by atoms with Crippen LogP contribution in [0.5, 0.6) is 0 Å². The van der Waals surface area contributed by atoms with E-state index in [4.69, 9.17) is 4.42 Å². The zero-order chi connectivity index (χ0) is 20.7. The van der Waals surface area contributed by atoms with Crippen molar-refractivity contribution < 1.29 is 13.6 Å². The molecule has 0 aromatic carbocycles. The average Bonchev–Trinajstić information content (AvgIpc) is 3.44. The summed E-state index contributed by atoms with van der Waals surface area (Å²) < 4.78 is 18.3. The lowest BCUT2D eigenvalue weighted by atomic mass is 9.82. The molecule has 7 heteroatoms. The molecule has 6 nitrogen and oxygen atoms in total. The number of carbonyl (C=O) groups is 1. The second-order valence-corrected chi connectivity index (χ2v) is 8.49. The van der Waals surface area contributed by atoms with Crippen LogP contribution in [0, 0.1) is 12.8 Å². The van der Waals surface area contributed by atoms with Crippen LogP contribution in [0.4, 0.5) is 4.39 Å². The van der Waals surface area contributed by atoms with Gasteiger partial charge in [0, 0.05) is 55.3 Å². The van der Waals surface area contributed by atoms with Gasteiger partial charge in [0.15, 0.2) is 11.7 Å². The van der Waals surface area contributed by atoms with Crippen LogP contribution in [-0.4, -0.2) is 50.9 Å². The molecule has 3 aromatic heterocycles. The maximum Gasteiger partial charge on any atom is 0.191 e. The first-order chi connectivity index (χ1) is 14.6. The molecule has 3 aromatic rings. The monoisotopic (exact) mass is 408 g/mol. The Morgan fingerprint density at radius 3 is 2.60 bits per heavy atom. The molecular formula is C23H25FN4O2. The molecule has 30 heavy (non-hydrogen) atoms. The predicted octanol–water partition coefficient (Wildman–Crippen LogP) is 3.92. The number of ketones is 1. The zero-order valence-corrected chi connectivity index (χ0v) is 17.1. The number of oxazole rings is 1. The van der Waals surface area contributed by atoms with Crippen LogP contribution < -0.4 is 0 Å². The lowest BCUT2D eigenvalue weighted by Gasteiger charge is -2.29. The second-order valence-electron chi connectivity index (χ2n) is 8.49. The van der Waals surface area contributed by atoms with Crippen molar-refractivity contribution in [2.24, 2.45) is 5.92 Å². The van der Waals surface area contributed by atoms with Gasteiger partial charge in [0.25, 0.3) is 0 Å². The lowest BCUT2D eigenvalue weighted by molar-refractivity contribution is -0.123. The minimum Gasteiger partial charge on any atom is -0.439 e. The smallest absolute Gasteiger partial charge is 0.191 e. The highest BCUT2D eigenvalue weighted by atomic mass is 19.1. The summed E-state index contributed by atoms with van der Waals surface area (Å²) in [4.78, 5) is 28.1. The van der Waals surface area contributed by atoms with E-state index in [2.05, 4.69) is 19.9 Å². The van der Waals surface area contributed by atoms with E-state index in [-0.39, 0.29) is 24.4 Å². The van der Waals surface area contributed by atoms with Crippen molar-refractivity contribution >= 4 is 16.6 Å². The van der Waals surface area contributed by atoms with Crippen molar-refractivity contribution in [2.45, 2.75) is 51.1 Å². The summed E-state index contributed by atoms with van der Waals surface area (Å²) >= 11 is 0. The fourth-order valence-corrected chi connectivity index (χ4v) is 4.63. The highest BCUT2D eigenvalue weighted by molar-refractivity contribution is 5.87. The number of pyridine rings is 2. The third kappa shape index (κ3) is 3.86. The SMILES string of the molecule is Cc1ncc(-c2cc3cc(CC(=O)C4CCC(N5CC5CF)CC4)ncc3cn2)o1. The van der Waals surface area contributed by atoms with Gasteiger partial charge in [0.2, 0.25) is 0 Å². The standard InChI is InChI=1S/C23H25FN4O2/c1-14-25-12-23(30-14)21-7-16-6-18(26-10-17(16)11-27-21)8-22(29)15-2-4-19(5-3-15)28-13-20(28)9-24/h6-7,10-12,15,19-20H,2-5,8-9,13H2,1H3. The molecule has 4 heterocycles. The van der Waals surface area contributed by atoms with E-state index in [1.54, 1.807) is 25.5 Å². The molecule has 1 aliphatic carbocycles. The normalized spacial score (nSPS) is 26.1. The van der Waals surface area contributed by atoms with Crippen molar-refractivity contribution in [2.75, 3.05) is 13.2 Å². The van der Waals surface area contributed by atoms with Crippen molar-refractivity contribution in [3.05, 3.63) is 42.3 Å². The van der Waals surface area contributed by atoms with Gasteiger partial charge in [-0.2, -0.15) is 0 Å². The number of aromatic nitrogens is 3. The van der Waals surface area contributed by atoms with Gasteiger partial charge in [-0.15, -0.1) is 0 Å². The largest absolute Gasteiger partial charge is 0.439 e. The molecule has 0 spiro atoms. The van der Waals surface area contributed by atoms with Crippen molar-refractivity contribution in [3.63, 3.8) is 0 Å². The minimum absolute atomic E-state index is 0.0905. The van der Waals surface area contributed by atoms with Gasteiger partial charge in [-0.1, -0.05) is 0 Å². The predicted molar refractivity (Wildman–Crippen MR) is 111 cm³/mol. The Kier molecular flexibility index (Phi) is 5.06. The maximum atomic E-state index is 12.9. The number of nitrogens with zero attached hydrogens (tertiary/aromatic N) is 4. The van der Waals surface area contributed by atoms with Gasteiger partial charge in [-0.3, -0.25) is 19.7 Å². The fourth-order valence-electron chi connectivity index (χ4n) is 4.63. The highest BCUT2D eigenvalue weighted by Crippen LogP contribution is 2.34. The molecule has 156 valence electrons. The van der Waals surface area contributed by atoms with Crippen LogP contribution >= 0.6 is 0 Å². The number of hydrogen-bond donors (Lipinski definition) is 0. The van der Waals surface area contributed by atoms with Crippen molar-refractivity contribution in [1.29, 1.82) is 0 Å². The molecule has 1 saturated heterocycles. The minimum atomic E-state index is -0.250. The first-order valence-electron chi connectivity index (χ1n) is 10.6. The number of halogens is 1. The molecule has 2 unspecified atom stereocenters. The molecule has 5 rings (SSSR count). The van der Waals surface area contributed by atoms with Gasteiger partial charge >= 0.3 is 0 Å². The van der Waals surface area contributed by atoms with Crippen LogP contribution in [0.15, 0.2) is 35.1 Å². The summed E-state index contributed by atoms with van der Waals surface area (Å²) in [5, 5.41) is 1.90. The molecule has 1 saturated carbocycles. The molecule has 0 amide bonds. The first-order valence-corrected chi connectivity index (χ1v) is 10.6. The molecule has 2 fully saturated rings. The average molecular weight is 408 g/mol. The molecular weight excluding hydrogens is 383 g/mol. The third-order valence-electron chi connectivity index (χ3n) is 6.45.